The first-order valence-corrected chi connectivity index (χ1v) is 26.8. The van der Waals surface area contributed by atoms with E-state index < -0.39 is 17.1 Å². The Labute approximate surface area is 409 Å². The van der Waals surface area contributed by atoms with E-state index in [1.165, 1.54) is 6.26 Å². The van der Waals surface area contributed by atoms with Crippen molar-refractivity contribution in [2.75, 3.05) is 82.7 Å². The second kappa shape index (κ2) is 25.2. The number of nitrogens with zero attached hydrogens (tertiary/aromatic N) is 8. The van der Waals surface area contributed by atoms with Gasteiger partial charge in [-0.05, 0) is 156 Å². The molecule has 0 radical (unpaired) electrons. The third kappa shape index (κ3) is 15.5. The van der Waals surface area contributed by atoms with Crippen LogP contribution >= 0.6 is 0 Å². The number of likely N-dealkylation sites (tertiary alicyclic amines) is 4. The van der Waals surface area contributed by atoms with Gasteiger partial charge in [0.05, 0.1) is 6.26 Å². The van der Waals surface area contributed by atoms with Gasteiger partial charge in [0, 0.05) is 112 Å². The first kappa shape index (κ1) is 51.8. The van der Waals surface area contributed by atoms with Crippen molar-refractivity contribution < 1.29 is 23.0 Å². The smallest absolute Gasteiger partial charge is 0.408 e. The topological polar surface area (TPSA) is 229 Å². The van der Waals surface area contributed by atoms with Crippen molar-refractivity contribution in [2.45, 2.75) is 83.1 Å². The van der Waals surface area contributed by atoms with Gasteiger partial charge in [0.25, 0.3) is 0 Å². The van der Waals surface area contributed by atoms with Crippen LogP contribution in [0.2, 0.25) is 6.82 Å². The monoisotopic (exact) mass is 965 g/mol. The highest BCUT2D eigenvalue weighted by atomic mass is 32.2. The number of sulfonamides is 1. The fourth-order valence-electron chi connectivity index (χ4n) is 10.7. The summed E-state index contributed by atoms with van der Waals surface area (Å²) in [5.41, 5.74) is 16.2. The van der Waals surface area contributed by atoms with Crippen LogP contribution in [0.4, 0.5) is 11.6 Å². The molecule has 4 fully saturated rings. The van der Waals surface area contributed by atoms with Gasteiger partial charge in [-0.3, -0.25) is 29.4 Å². The van der Waals surface area contributed by atoms with Crippen molar-refractivity contribution in [3.63, 3.8) is 0 Å². The third-order valence-corrected chi connectivity index (χ3v) is 15.2. The minimum absolute atomic E-state index is 0.00589. The molecule has 0 saturated carbocycles. The van der Waals surface area contributed by atoms with Gasteiger partial charge in [-0.1, -0.05) is 12.1 Å². The number of amides is 2. The molecule has 2 atom stereocenters. The molecule has 2 unspecified atom stereocenters. The maximum Gasteiger partial charge on any atom is 0.408 e. The van der Waals surface area contributed by atoms with E-state index in [0.717, 1.165) is 126 Å². The Morgan fingerprint density at radius 3 is 1.61 bits per heavy atom. The molecule has 4 aliphatic rings. The first-order chi connectivity index (χ1) is 33.3. The average Bonchev–Trinajstić information content (AvgIpc) is 3.35. The summed E-state index contributed by atoms with van der Waals surface area (Å²) < 4.78 is 26.1. The van der Waals surface area contributed by atoms with E-state index in [1.54, 1.807) is 25.4 Å². The van der Waals surface area contributed by atoms with E-state index in [-0.39, 0.29) is 35.5 Å². The number of rotatable bonds is 16. The van der Waals surface area contributed by atoms with Gasteiger partial charge in [0.15, 0.2) is 0 Å². The minimum atomic E-state index is -3.29. The molecule has 69 heavy (non-hydrogen) atoms. The fourth-order valence-corrected chi connectivity index (χ4v) is 11.2. The van der Waals surface area contributed by atoms with Crippen LogP contribution in [0.3, 0.4) is 0 Å². The van der Waals surface area contributed by atoms with E-state index in [2.05, 4.69) is 50.7 Å². The molecule has 4 aromatic heterocycles. The minimum Gasteiger partial charge on any atom is -0.433 e. The SMILES string of the molecule is CB(O)Nc1cc(CN2CCC(C(=O)N3CCC(C(CN)c4ccccn4)CC3)CC2)ccn1.CS(=O)(=O)NCC(c1ccccn1)C1CCN(C(=O)C2CCN(Cc3ccnc(N)c3)CC2)CC1. The molecule has 0 aliphatic carbocycles. The number of anilines is 2. The van der Waals surface area contributed by atoms with Crippen LogP contribution in [0, 0.1) is 23.7 Å². The zero-order valence-electron chi connectivity index (χ0n) is 40.5. The van der Waals surface area contributed by atoms with Crippen molar-refractivity contribution in [1.82, 2.24) is 44.3 Å². The van der Waals surface area contributed by atoms with Crippen LogP contribution in [0.15, 0.2) is 85.5 Å². The van der Waals surface area contributed by atoms with Crippen LogP contribution < -0.4 is 21.4 Å². The molecular formula is C50H73BN12O5S. The first-order valence-electron chi connectivity index (χ1n) is 24.9. The predicted octanol–water partition coefficient (Wildman–Crippen LogP) is 4.03. The van der Waals surface area contributed by atoms with Crippen molar-refractivity contribution in [3.05, 3.63) is 108 Å². The van der Waals surface area contributed by atoms with Gasteiger partial charge in [-0.25, -0.2) is 23.1 Å². The summed E-state index contributed by atoms with van der Waals surface area (Å²) in [6.45, 7) is 11.0. The van der Waals surface area contributed by atoms with Crippen molar-refractivity contribution in [1.29, 1.82) is 0 Å². The number of carbonyl (C=O) groups is 2. The summed E-state index contributed by atoms with van der Waals surface area (Å²) in [5.74, 6) is 3.03. The lowest BCUT2D eigenvalue weighted by atomic mass is 9.81. The zero-order chi connectivity index (χ0) is 48.8. The normalized spacial score (nSPS) is 19.3. The summed E-state index contributed by atoms with van der Waals surface area (Å²) in [6.07, 6.45) is 15.5. The van der Waals surface area contributed by atoms with E-state index >= 15 is 0 Å². The van der Waals surface area contributed by atoms with E-state index in [4.69, 9.17) is 11.5 Å². The van der Waals surface area contributed by atoms with E-state index in [9.17, 15) is 23.0 Å². The Bertz CT molecular complexity index is 2320. The Morgan fingerprint density at radius 1 is 0.681 bits per heavy atom. The quantitative estimate of drug-likeness (QED) is 0.1000. The maximum atomic E-state index is 13.2. The number of nitrogen functional groups attached to an aromatic ring is 1. The Hall–Kier alpha value is -5.05. The molecule has 19 heteroatoms. The highest BCUT2D eigenvalue weighted by molar-refractivity contribution is 7.88. The molecule has 8 heterocycles. The molecule has 4 aliphatic heterocycles. The Kier molecular flexibility index (Phi) is 18.9. The summed E-state index contributed by atoms with van der Waals surface area (Å²) in [6, 6.07) is 19.7. The molecule has 17 nitrogen and oxygen atoms in total. The molecule has 8 rings (SSSR count). The van der Waals surface area contributed by atoms with Crippen LogP contribution in [0.5, 0.6) is 0 Å². The molecule has 4 aromatic rings. The molecule has 372 valence electrons. The standard InChI is InChI=1S/C25H37BN6O2.C25H36N6O3S/c1-26(34)30-24-16-19(5-11-29-24)18-31-12-6-21(7-13-31)25(33)32-14-8-20(9-15-32)22(17-27)23-4-2-3-10-28-23;1-35(33,34)29-17-22(23-4-2-3-10-27-23)20-8-14-31(15-9-20)25(32)21-6-12-30(13-7-21)18-19-5-11-28-24(26)16-19/h2-5,10-11,16,20-22,34H,6-9,12-15,17-18,27H2,1H3,(H,29,30);2-5,10-11,16,20-22,29H,6-9,12-15,17-18H2,1H3,(H2,26,28). The molecule has 0 aromatic carbocycles. The number of nitrogens with two attached hydrogens (primary N) is 2. The van der Waals surface area contributed by atoms with Gasteiger partial charge in [0.1, 0.15) is 11.6 Å². The van der Waals surface area contributed by atoms with Crippen LogP contribution in [0.1, 0.15) is 85.7 Å². The lowest BCUT2D eigenvalue weighted by Crippen LogP contribution is -2.46. The summed E-state index contributed by atoms with van der Waals surface area (Å²) in [4.78, 5) is 52.6. The van der Waals surface area contributed by atoms with Gasteiger partial charge in [0.2, 0.25) is 21.8 Å². The molecule has 7 N–H and O–H groups in total. The van der Waals surface area contributed by atoms with Gasteiger partial charge >= 0.3 is 7.05 Å². The molecule has 0 bridgehead atoms. The zero-order valence-corrected chi connectivity index (χ0v) is 41.3. The number of aromatic nitrogens is 4. The molecule has 0 spiro atoms. The van der Waals surface area contributed by atoms with E-state index in [0.29, 0.717) is 49.6 Å². The van der Waals surface area contributed by atoms with Gasteiger partial charge in [-0.2, -0.15) is 0 Å². The summed E-state index contributed by atoms with van der Waals surface area (Å²) in [5, 5.41) is 12.4. The van der Waals surface area contributed by atoms with Crippen LogP contribution in [-0.2, 0) is 32.7 Å². The van der Waals surface area contributed by atoms with Crippen LogP contribution in [0.25, 0.3) is 0 Å². The second-order valence-electron chi connectivity index (χ2n) is 19.5. The Balaban J connectivity index is 0.000000204. The molecular weight excluding hydrogens is 892 g/mol. The van der Waals surface area contributed by atoms with Crippen molar-refractivity contribution in [2.24, 2.45) is 29.4 Å². The highest BCUT2D eigenvalue weighted by Crippen LogP contribution is 2.34. The highest BCUT2D eigenvalue weighted by Gasteiger charge is 2.36. The molecule has 2 amide bonds. The number of nitrogens with one attached hydrogen (secondary N) is 2. The fraction of sp³-hybridized carbons (Fsp3) is 0.560. The summed E-state index contributed by atoms with van der Waals surface area (Å²) in [7, 11) is -3.92. The Morgan fingerprint density at radius 2 is 1.16 bits per heavy atom. The summed E-state index contributed by atoms with van der Waals surface area (Å²) >= 11 is 0. The predicted molar refractivity (Wildman–Crippen MR) is 271 cm³/mol. The maximum absolute atomic E-state index is 13.2. The van der Waals surface area contributed by atoms with Crippen molar-refractivity contribution >= 4 is 40.5 Å². The number of hydrogen-bond donors (Lipinski definition) is 5. The van der Waals surface area contributed by atoms with Gasteiger partial charge < -0.3 is 31.5 Å². The third-order valence-electron chi connectivity index (χ3n) is 14.5. The van der Waals surface area contributed by atoms with E-state index in [1.807, 2.05) is 65.7 Å². The molecule has 4 saturated heterocycles. The average molecular weight is 965 g/mol. The number of piperidine rings is 4. The lowest BCUT2D eigenvalue weighted by Gasteiger charge is -2.39. The number of pyridine rings is 4. The largest absolute Gasteiger partial charge is 0.433 e. The lowest BCUT2D eigenvalue weighted by molar-refractivity contribution is -0.139. The van der Waals surface area contributed by atoms with Crippen molar-refractivity contribution in [3.8, 4) is 0 Å². The van der Waals surface area contributed by atoms with Gasteiger partial charge in [-0.15, -0.1) is 0 Å². The second-order valence-corrected chi connectivity index (χ2v) is 21.3. The number of hydrogen-bond acceptors (Lipinski definition) is 14. The van der Waals surface area contributed by atoms with Crippen LogP contribution in [-0.4, -0.2) is 144 Å². The number of carbonyl (C=O) groups excluding carboxylic acids is 2.